The smallest absolute Gasteiger partial charge is 0.232 e. The summed E-state index contributed by atoms with van der Waals surface area (Å²) < 4.78 is 17.7. The Bertz CT molecular complexity index is 1470. The number of nitrogens with one attached hydrogen (secondary N) is 1. The van der Waals surface area contributed by atoms with Gasteiger partial charge in [-0.2, -0.15) is 0 Å². The van der Waals surface area contributed by atoms with Crippen LogP contribution in [0.5, 0.6) is 11.5 Å². The van der Waals surface area contributed by atoms with E-state index in [1.54, 1.807) is 0 Å². The molecule has 48 heavy (non-hydrogen) atoms. The molecule has 1 aliphatic carbocycles. The van der Waals surface area contributed by atoms with Crippen molar-refractivity contribution < 1.29 is 19.0 Å². The lowest BCUT2D eigenvalue weighted by atomic mass is 9.84. The van der Waals surface area contributed by atoms with E-state index in [4.69, 9.17) is 14.2 Å². The van der Waals surface area contributed by atoms with E-state index in [9.17, 15) is 4.79 Å². The molecule has 1 fully saturated rings. The Balaban J connectivity index is 0.00000255. The molecule has 0 heterocycles. The molecule has 1 amide bonds. The molecular formula is C43H55NO4. The molecule has 4 aromatic rings. The minimum atomic E-state index is -0.352. The molecule has 5 heteroatoms. The monoisotopic (exact) mass is 649 g/mol. The van der Waals surface area contributed by atoms with E-state index in [0.29, 0.717) is 32.2 Å². The van der Waals surface area contributed by atoms with E-state index >= 15 is 0 Å². The average Bonchev–Trinajstić information content (AvgIpc) is 3.12. The van der Waals surface area contributed by atoms with Crippen LogP contribution in [0.2, 0.25) is 0 Å². The van der Waals surface area contributed by atoms with Gasteiger partial charge < -0.3 is 19.5 Å². The van der Waals surface area contributed by atoms with Crippen molar-refractivity contribution in [2.75, 3.05) is 25.1 Å². The van der Waals surface area contributed by atoms with Gasteiger partial charge in [0, 0.05) is 5.69 Å². The van der Waals surface area contributed by atoms with Crippen molar-refractivity contribution in [1.29, 1.82) is 0 Å². The normalized spacial score (nSPS) is 13.9. The van der Waals surface area contributed by atoms with Gasteiger partial charge in [-0.1, -0.05) is 121 Å². The number of amides is 1. The van der Waals surface area contributed by atoms with E-state index in [0.717, 1.165) is 40.5 Å². The van der Waals surface area contributed by atoms with Crippen LogP contribution in [0.4, 0.5) is 5.69 Å². The Labute approximate surface area is 289 Å². The van der Waals surface area contributed by atoms with E-state index in [-0.39, 0.29) is 17.2 Å². The number of hydrogen-bond acceptors (Lipinski definition) is 4. The quantitative estimate of drug-likeness (QED) is 0.138. The molecule has 1 unspecified atom stereocenters. The number of anilines is 1. The second-order valence-corrected chi connectivity index (χ2v) is 13.5. The highest BCUT2D eigenvalue weighted by atomic mass is 16.5. The first-order valence-electron chi connectivity index (χ1n) is 17.8. The first-order valence-corrected chi connectivity index (χ1v) is 17.8. The van der Waals surface area contributed by atoms with Crippen molar-refractivity contribution in [3.8, 4) is 11.5 Å². The van der Waals surface area contributed by atoms with Crippen molar-refractivity contribution in [2.45, 2.75) is 91.1 Å². The van der Waals surface area contributed by atoms with Crippen LogP contribution in [0.15, 0.2) is 103 Å². The van der Waals surface area contributed by atoms with Crippen LogP contribution < -0.4 is 14.8 Å². The third-order valence-corrected chi connectivity index (χ3v) is 8.80. The Morgan fingerprint density at radius 2 is 1.35 bits per heavy atom. The fourth-order valence-corrected chi connectivity index (χ4v) is 5.95. The fourth-order valence-electron chi connectivity index (χ4n) is 5.95. The topological polar surface area (TPSA) is 56.8 Å². The highest BCUT2D eigenvalue weighted by Crippen LogP contribution is 2.29. The summed E-state index contributed by atoms with van der Waals surface area (Å²) in [6.45, 7) is 12.9. The molecule has 5 rings (SSSR count). The minimum Gasteiger partial charge on any atom is -0.493 e. The van der Waals surface area contributed by atoms with Crippen LogP contribution in [-0.4, -0.2) is 25.7 Å². The lowest BCUT2D eigenvalue weighted by Crippen LogP contribution is -2.23. The lowest BCUT2D eigenvalue weighted by Gasteiger charge is -2.22. The predicted octanol–water partition coefficient (Wildman–Crippen LogP) is 10.5. The Morgan fingerprint density at radius 3 is 2.00 bits per heavy atom. The molecule has 1 N–H and O–H groups in total. The second-order valence-electron chi connectivity index (χ2n) is 13.5. The van der Waals surface area contributed by atoms with Gasteiger partial charge in [0.25, 0.3) is 0 Å². The zero-order valence-electron chi connectivity index (χ0n) is 29.7. The van der Waals surface area contributed by atoms with Crippen LogP contribution in [0.3, 0.4) is 0 Å². The first kappa shape index (κ1) is 36.7. The Kier molecular flexibility index (Phi) is 14.6. The van der Waals surface area contributed by atoms with E-state index in [1.165, 1.54) is 37.7 Å². The summed E-state index contributed by atoms with van der Waals surface area (Å²) in [4.78, 5) is 13.8. The summed E-state index contributed by atoms with van der Waals surface area (Å²) in [5.74, 6) is 1.90. The SMILES string of the molecule is CC.CC(C)(C)c1ccc(C(Cc2ccc(OCCOCc3ccccc3)cc2)C(=O)Nc2ccc(OCC3CCCCC3)cc2)cc1. The number of ether oxygens (including phenoxy) is 3. The molecule has 0 aliphatic heterocycles. The van der Waals surface area contributed by atoms with Gasteiger partial charge >= 0.3 is 0 Å². The van der Waals surface area contributed by atoms with Crippen LogP contribution in [0.25, 0.3) is 0 Å². The van der Waals surface area contributed by atoms with Gasteiger partial charge in [0.15, 0.2) is 0 Å². The molecule has 4 aromatic carbocycles. The maximum absolute atomic E-state index is 13.8. The second kappa shape index (κ2) is 19.0. The maximum Gasteiger partial charge on any atom is 0.232 e. The van der Waals surface area contributed by atoms with Crippen molar-refractivity contribution in [3.05, 3.63) is 125 Å². The van der Waals surface area contributed by atoms with Crippen LogP contribution >= 0.6 is 0 Å². The number of hydrogen-bond donors (Lipinski definition) is 1. The average molecular weight is 650 g/mol. The molecule has 0 radical (unpaired) electrons. The summed E-state index contributed by atoms with van der Waals surface area (Å²) in [5, 5.41) is 3.17. The standard InChI is InChI=1S/C41H49NO4.C2H6/c1-41(2,3)35-18-16-34(17-19-35)39(40(43)42-36-20-24-38(25-21-36)46-30-33-12-8-5-9-13-33)28-31-14-22-37(23-15-31)45-27-26-44-29-32-10-6-4-7-11-32;1-2/h4,6-7,10-11,14-25,33,39H,5,8-9,12-13,26-30H2,1-3H3,(H,42,43);1-2H3. The Morgan fingerprint density at radius 1 is 0.729 bits per heavy atom. The van der Waals surface area contributed by atoms with Gasteiger partial charge in [-0.15, -0.1) is 0 Å². The number of carbonyl (C=O) groups is 1. The van der Waals surface area contributed by atoms with Crippen molar-refractivity contribution in [1.82, 2.24) is 0 Å². The lowest BCUT2D eigenvalue weighted by molar-refractivity contribution is -0.117. The first-order chi connectivity index (χ1) is 23.3. The largest absolute Gasteiger partial charge is 0.493 e. The Hall–Kier alpha value is -4.09. The van der Waals surface area contributed by atoms with E-state index < -0.39 is 0 Å². The maximum atomic E-state index is 13.8. The number of benzene rings is 4. The molecule has 0 spiro atoms. The highest BCUT2D eigenvalue weighted by molar-refractivity contribution is 5.96. The molecule has 5 nitrogen and oxygen atoms in total. The molecule has 1 saturated carbocycles. The zero-order valence-corrected chi connectivity index (χ0v) is 29.7. The summed E-state index contributed by atoms with van der Waals surface area (Å²) in [6, 6.07) is 34.4. The number of rotatable bonds is 14. The van der Waals surface area contributed by atoms with Crippen LogP contribution in [-0.2, 0) is 28.0 Å². The molecule has 1 aliphatic rings. The van der Waals surface area contributed by atoms with Gasteiger partial charge in [0.05, 0.1) is 25.7 Å². The molecule has 0 aromatic heterocycles. The summed E-state index contributed by atoms with van der Waals surface area (Å²) in [7, 11) is 0. The molecule has 256 valence electrons. The number of carbonyl (C=O) groups excluding carboxylic acids is 1. The van der Waals surface area contributed by atoms with Crippen LogP contribution in [0.1, 0.15) is 94.9 Å². The van der Waals surface area contributed by atoms with E-state index in [1.807, 2.05) is 80.6 Å². The van der Waals surface area contributed by atoms with Crippen molar-refractivity contribution in [2.24, 2.45) is 5.92 Å². The van der Waals surface area contributed by atoms with Gasteiger partial charge in [0.1, 0.15) is 18.1 Å². The summed E-state index contributed by atoms with van der Waals surface area (Å²) >= 11 is 0. The highest BCUT2D eigenvalue weighted by Gasteiger charge is 2.23. The summed E-state index contributed by atoms with van der Waals surface area (Å²) in [5.41, 5.74) is 5.26. The van der Waals surface area contributed by atoms with Crippen LogP contribution in [0, 0.1) is 5.92 Å². The molecular weight excluding hydrogens is 594 g/mol. The van der Waals surface area contributed by atoms with Crippen molar-refractivity contribution >= 4 is 11.6 Å². The molecule has 1 atom stereocenters. The van der Waals surface area contributed by atoms with Gasteiger partial charge in [-0.05, 0) is 89.2 Å². The van der Waals surface area contributed by atoms with Gasteiger partial charge in [0.2, 0.25) is 5.91 Å². The predicted molar refractivity (Wildman–Crippen MR) is 198 cm³/mol. The summed E-state index contributed by atoms with van der Waals surface area (Å²) in [6.07, 6.45) is 7.05. The van der Waals surface area contributed by atoms with E-state index in [2.05, 4.69) is 62.5 Å². The third kappa shape index (κ3) is 11.9. The molecule has 0 saturated heterocycles. The third-order valence-electron chi connectivity index (χ3n) is 8.80. The van der Waals surface area contributed by atoms with Gasteiger partial charge in [-0.25, -0.2) is 0 Å². The zero-order chi connectivity index (χ0) is 34.2. The van der Waals surface area contributed by atoms with Crippen molar-refractivity contribution in [3.63, 3.8) is 0 Å². The molecule has 0 bridgehead atoms. The fraction of sp³-hybridized carbons (Fsp3) is 0.419. The van der Waals surface area contributed by atoms with Gasteiger partial charge in [-0.3, -0.25) is 4.79 Å². The minimum absolute atomic E-state index is 0.0322.